The second-order valence-electron chi connectivity index (χ2n) is 4.35. The topological polar surface area (TPSA) is 47.3 Å². The van der Waals surface area contributed by atoms with Crippen molar-refractivity contribution in [3.63, 3.8) is 0 Å². The Morgan fingerprint density at radius 3 is 2.82 bits per heavy atom. The van der Waals surface area contributed by atoms with Gasteiger partial charge < -0.3 is 15.8 Å². The van der Waals surface area contributed by atoms with Crippen LogP contribution in [0.4, 0.5) is 11.4 Å². The summed E-state index contributed by atoms with van der Waals surface area (Å²) in [6, 6.07) is 6.38. The van der Waals surface area contributed by atoms with Crippen LogP contribution in [-0.2, 0) is 0 Å². The number of ether oxygens (including phenoxy) is 1. The fourth-order valence-corrected chi connectivity index (χ4v) is 1.96. The van der Waals surface area contributed by atoms with Crippen LogP contribution < -0.4 is 15.8 Å². The molecule has 0 amide bonds. The minimum absolute atomic E-state index is 0.471. The average molecular weight is 232 g/mol. The van der Waals surface area contributed by atoms with Crippen LogP contribution in [0, 0.1) is 0 Å². The molecule has 1 aliphatic rings. The van der Waals surface area contributed by atoms with Gasteiger partial charge in [-0.05, 0) is 31.4 Å². The van der Waals surface area contributed by atoms with Crippen LogP contribution in [0.1, 0.15) is 26.2 Å². The van der Waals surface area contributed by atoms with Crippen molar-refractivity contribution in [1.82, 2.24) is 0 Å². The first-order valence-electron chi connectivity index (χ1n) is 6.24. The molecule has 0 aliphatic heterocycles. The molecule has 3 N–H and O–H groups in total. The fraction of sp³-hybridized carbons (Fsp3) is 0.429. The highest BCUT2D eigenvalue weighted by atomic mass is 16.5. The normalized spacial score (nSPS) is 15.1. The SMILES string of the molecule is CCCOc1cccc(NC2CC=CC2)c1N. The summed E-state index contributed by atoms with van der Waals surface area (Å²) in [7, 11) is 0. The van der Waals surface area contributed by atoms with Crippen LogP contribution >= 0.6 is 0 Å². The Morgan fingerprint density at radius 1 is 1.35 bits per heavy atom. The van der Waals surface area contributed by atoms with E-state index >= 15 is 0 Å². The summed E-state index contributed by atoms with van der Waals surface area (Å²) >= 11 is 0. The van der Waals surface area contributed by atoms with Crippen molar-refractivity contribution in [2.24, 2.45) is 0 Å². The molecule has 3 heteroatoms. The van der Waals surface area contributed by atoms with Crippen molar-refractivity contribution in [2.45, 2.75) is 32.2 Å². The van der Waals surface area contributed by atoms with Crippen molar-refractivity contribution >= 4 is 11.4 Å². The predicted octanol–water partition coefficient (Wildman–Crippen LogP) is 3.19. The number of hydrogen-bond acceptors (Lipinski definition) is 3. The third-order valence-corrected chi connectivity index (χ3v) is 2.90. The summed E-state index contributed by atoms with van der Waals surface area (Å²) in [5, 5.41) is 3.46. The highest BCUT2D eigenvalue weighted by molar-refractivity contribution is 5.73. The zero-order chi connectivity index (χ0) is 12.1. The summed E-state index contributed by atoms with van der Waals surface area (Å²) in [6.07, 6.45) is 7.53. The highest BCUT2D eigenvalue weighted by Crippen LogP contribution is 2.31. The number of nitrogens with one attached hydrogen (secondary N) is 1. The van der Waals surface area contributed by atoms with Gasteiger partial charge in [-0.3, -0.25) is 0 Å². The van der Waals surface area contributed by atoms with E-state index in [9.17, 15) is 0 Å². The number of nitrogens with two attached hydrogens (primary N) is 1. The van der Waals surface area contributed by atoms with Crippen LogP contribution in [0.25, 0.3) is 0 Å². The molecule has 17 heavy (non-hydrogen) atoms. The van der Waals surface area contributed by atoms with Gasteiger partial charge in [-0.1, -0.05) is 25.1 Å². The second kappa shape index (κ2) is 5.62. The van der Waals surface area contributed by atoms with Gasteiger partial charge in [0.2, 0.25) is 0 Å². The Labute approximate surface area is 103 Å². The Bertz CT molecular complexity index is 393. The molecular formula is C14H20N2O. The third-order valence-electron chi connectivity index (χ3n) is 2.90. The number of benzene rings is 1. The van der Waals surface area contributed by atoms with E-state index in [1.807, 2.05) is 18.2 Å². The maximum absolute atomic E-state index is 6.09. The summed E-state index contributed by atoms with van der Waals surface area (Å²) in [6.45, 7) is 2.79. The van der Waals surface area contributed by atoms with E-state index in [2.05, 4.69) is 24.4 Å². The summed E-state index contributed by atoms with van der Waals surface area (Å²) in [5.41, 5.74) is 7.79. The Hall–Kier alpha value is -1.64. The number of nitrogen functional groups attached to an aromatic ring is 1. The lowest BCUT2D eigenvalue weighted by Crippen LogP contribution is -2.16. The van der Waals surface area contributed by atoms with E-state index in [1.54, 1.807) is 0 Å². The van der Waals surface area contributed by atoms with Gasteiger partial charge in [0.15, 0.2) is 0 Å². The molecule has 0 unspecified atom stereocenters. The first-order chi connectivity index (χ1) is 8.31. The molecule has 92 valence electrons. The molecule has 1 aliphatic carbocycles. The molecule has 0 fully saturated rings. The van der Waals surface area contributed by atoms with Crippen molar-refractivity contribution in [3.05, 3.63) is 30.4 Å². The van der Waals surface area contributed by atoms with E-state index in [4.69, 9.17) is 10.5 Å². The molecule has 0 spiro atoms. The molecule has 0 radical (unpaired) electrons. The molecular weight excluding hydrogens is 212 g/mol. The minimum Gasteiger partial charge on any atom is -0.491 e. The van der Waals surface area contributed by atoms with Gasteiger partial charge in [-0.25, -0.2) is 0 Å². The molecule has 0 atom stereocenters. The standard InChI is InChI=1S/C14H20N2O/c1-2-10-17-13-9-5-8-12(14(13)15)16-11-6-3-4-7-11/h3-5,8-9,11,16H,2,6-7,10,15H2,1H3. The van der Waals surface area contributed by atoms with E-state index in [1.165, 1.54) is 0 Å². The fourth-order valence-electron chi connectivity index (χ4n) is 1.96. The van der Waals surface area contributed by atoms with Gasteiger partial charge in [0, 0.05) is 6.04 Å². The van der Waals surface area contributed by atoms with Crippen LogP contribution in [0.2, 0.25) is 0 Å². The molecule has 0 bridgehead atoms. The maximum Gasteiger partial charge on any atom is 0.144 e. The van der Waals surface area contributed by atoms with Gasteiger partial charge in [0.25, 0.3) is 0 Å². The van der Waals surface area contributed by atoms with Crippen LogP contribution in [0.3, 0.4) is 0 Å². The smallest absolute Gasteiger partial charge is 0.144 e. The molecule has 2 rings (SSSR count). The monoisotopic (exact) mass is 232 g/mol. The summed E-state index contributed by atoms with van der Waals surface area (Å²) in [5.74, 6) is 0.780. The quantitative estimate of drug-likeness (QED) is 0.605. The van der Waals surface area contributed by atoms with Crippen molar-refractivity contribution < 1.29 is 4.74 Å². The number of anilines is 2. The third kappa shape index (κ3) is 2.93. The molecule has 0 heterocycles. The number of para-hydroxylation sites is 1. The molecule has 3 nitrogen and oxygen atoms in total. The Kier molecular flexibility index (Phi) is 3.91. The van der Waals surface area contributed by atoms with E-state index in [-0.39, 0.29) is 0 Å². The summed E-state index contributed by atoms with van der Waals surface area (Å²) in [4.78, 5) is 0. The van der Waals surface area contributed by atoms with Gasteiger partial charge in [0.1, 0.15) is 5.75 Å². The first-order valence-corrected chi connectivity index (χ1v) is 6.24. The lowest BCUT2D eigenvalue weighted by atomic mass is 10.2. The molecule has 1 aromatic carbocycles. The second-order valence-corrected chi connectivity index (χ2v) is 4.35. The van der Waals surface area contributed by atoms with E-state index in [0.29, 0.717) is 18.3 Å². The molecule has 0 saturated heterocycles. The molecule has 0 aromatic heterocycles. The Balaban J connectivity index is 2.05. The van der Waals surface area contributed by atoms with Crippen LogP contribution in [0.15, 0.2) is 30.4 Å². The lowest BCUT2D eigenvalue weighted by Gasteiger charge is -2.17. The lowest BCUT2D eigenvalue weighted by molar-refractivity contribution is 0.319. The van der Waals surface area contributed by atoms with Crippen molar-refractivity contribution in [1.29, 1.82) is 0 Å². The van der Waals surface area contributed by atoms with Gasteiger partial charge in [-0.15, -0.1) is 0 Å². The number of hydrogen-bond donors (Lipinski definition) is 2. The van der Waals surface area contributed by atoms with Crippen molar-refractivity contribution in [3.8, 4) is 5.75 Å². The largest absolute Gasteiger partial charge is 0.491 e. The van der Waals surface area contributed by atoms with Crippen LogP contribution in [0.5, 0.6) is 5.75 Å². The van der Waals surface area contributed by atoms with Gasteiger partial charge in [-0.2, -0.15) is 0 Å². The van der Waals surface area contributed by atoms with Gasteiger partial charge >= 0.3 is 0 Å². The zero-order valence-corrected chi connectivity index (χ0v) is 10.3. The summed E-state index contributed by atoms with van der Waals surface area (Å²) < 4.78 is 5.61. The predicted molar refractivity (Wildman–Crippen MR) is 72.4 cm³/mol. The van der Waals surface area contributed by atoms with Gasteiger partial charge in [0.05, 0.1) is 18.0 Å². The maximum atomic E-state index is 6.09. The number of rotatable bonds is 5. The highest BCUT2D eigenvalue weighted by Gasteiger charge is 2.12. The average Bonchev–Trinajstić information content (AvgIpc) is 2.83. The Morgan fingerprint density at radius 2 is 2.12 bits per heavy atom. The van der Waals surface area contributed by atoms with Crippen molar-refractivity contribution in [2.75, 3.05) is 17.7 Å². The van der Waals surface area contributed by atoms with Crippen LogP contribution in [-0.4, -0.2) is 12.6 Å². The van der Waals surface area contributed by atoms with E-state index in [0.717, 1.165) is 30.7 Å². The first kappa shape index (κ1) is 11.8. The zero-order valence-electron chi connectivity index (χ0n) is 10.3. The van der Waals surface area contributed by atoms with E-state index < -0.39 is 0 Å². The molecule has 1 aromatic rings. The molecule has 0 saturated carbocycles. The minimum atomic E-state index is 0.471.